The summed E-state index contributed by atoms with van der Waals surface area (Å²) in [6.07, 6.45) is 1.11. The zero-order chi connectivity index (χ0) is 24.1. The number of esters is 1. The Morgan fingerprint density at radius 1 is 1.15 bits per heavy atom. The van der Waals surface area contributed by atoms with E-state index in [1.165, 1.54) is 13.2 Å². The smallest absolute Gasteiger partial charge is 0.337 e. The summed E-state index contributed by atoms with van der Waals surface area (Å²) >= 11 is 0. The lowest BCUT2D eigenvalue weighted by Crippen LogP contribution is -2.34. The first-order valence-corrected chi connectivity index (χ1v) is 11.1. The van der Waals surface area contributed by atoms with Crippen molar-refractivity contribution in [2.45, 2.75) is 24.9 Å². The Morgan fingerprint density at radius 3 is 2.74 bits per heavy atom. The van der Waals surface area contributed by atoms with E-state index in [4.69, 9.17) is 18.9 Å². The number of anilines is 1. The predicted molar refractivity (Wildman–Crippen MR) is 123 cm³/mol. The SMILES string of the molecule is COC(=O)c1cccc(NC(=O)CN2C[C@H](c3ccc(OC)c(O[C@@H]4CCOC4)c3)CC2=O)c1. The van der Waals surface area contributed by atoms with Crippen LogP contribution in [0, 0.1) is 0 Å². The molecule has 2 fully saturated rings. The summed E-state index contributed by atoms with van der Waals surface area (Å²) in [6, 6.07) is 12.1. The molecule has 2 atom stereocenters. The quantitative estimate of drug-likeness (QED) is 0.594. The highest BCUT2D eigenvalue weighted by molar-refractivity contribution is 5.97. The van der Waals surface area contributed by atoms with Crippen LogP contribution in [0.1, 0.15) is 34.7 Å². The maximum Gasteiger partial charge on any atom is 0.337 e. The topological polar surface area (TPSA) is 103 Å². The van der Waals surface area contributed by atoms with E-state index in [0.717, 1.165) is 12.0 Å². The van der Waals surface area contributed by atoms with Gasteiger partial charge in [0.15, 0.2) is 11.5 Å². The number of carbonyl (C=O) groups excluding carboxylic acids is 3. The van der Waals surface area contributed by atoms with Crippen molar-refractivity contribution in [3.63, 3.8) is 0 Å². The lowest BCUT2D eigenvalue weighted by Gasteiger charge is -2.19. The van der Waals surface area contributed by atoms with Crippen LogP contribution in [0.4, 0.5) is 5.69 Å². The molecule has 34 heavy (non-hydrogen) atoms. The van der Waals surface area contributed by atoms with E-state index in [-0.39, 0.29) is 30.4 Å². The molecule has 0 bridgehead atoms. The number of hydrogen-bond donors (Lipinski definition) is 1. The molecule has 180 valence electrons. The highest BCUT2D eigenvalue weighted by Gasteiger charge is 2.32. The third-order valence-corrected chi connectivity index (χ3v) is 5.96. The van der Waals surface area contributed by atoms with Crippen molar-refractivity contribution in [1.82, 2.24) is 4.90 Å². The lowest BCUT2D eigenvalue weighted by atomic mass is 9.98. The maximum atomic E-state index is 12.6. The van der Waals surface area contributed by atoms with Crippen LogP contribution < -0.4 is 14.8 Å². The summed E-state index contributed by atoms with van der Waals surface area (Å²) < 4.78 is 21.6. The van der Waals surface area contributed by atoms with Crippen LogP contribution in [0.3, 0.4) is 0 Å². The van der Waals surface area contributed by atoms with Crippen molar-refractivity contribution in [3.05, 3.63) is 53.6 Å². The Balaban J connectivity index is 1.39. The fraction of sp³-hybridized carbons (Fsp3) is 0.400. The summed E-state index contributed by atoms with van der Waals surface area (Å²) in [4.78, 5) is 38.4. The van der Waals surface area contributed by atoms with E-state index in [1.54, 1.807) is 30.2 Å². The number of nitrogens with zero attached hydrogens (tertiary/aromatic N) is 1. The Hall–Kier alpha value is -3.59. The average Bonchev–Trinajstić information content (AvgIpc) is 3.48. The summed E-state index contributed by atoms with van der Waals surface area (Å²) in [5, 5.41) is 2.74. The number of ether oxygens (including phenoxy) is 4. The fourth-order valence-corrected chi connectivity index (χ4v) is 4.19. The molecule has 0 aromatic heterocycles. The van der Waals surface area contributed by atoms with E-state index in [9.17, 15) is 14.4 Å². The van der Waals surface area contributed by atoms with Crippen molar-refractivity contribution in [2.75, 3.05) is 45.8 Å². The van der Waals surface area contributed by atoms with Gasteiger partial charge in [0.25, 0.3) is 0 Å². The number of carbonyl (C=O) groups is 3. The van der Waals surface area contributed by atoms with Gasteiger partial charge in [0, 0.05) is 31.0 Å². The first-order chi connectivity index (χ1) is 16.5. The van der Waals surface area contributed by atoms with E-state index in [2.05, 4.69) is 5.32 Å². The molecule has 1 N–H and O–H groups in total. The van der Waals surface area contributed by atoms with Gasteiger partial charge >= 0.3 is 5.97 Å². The van der Waals surface area contributed by atoms with Crippen LogP contribution in [-0.4, -0.2) is 69.3 Å². The number of amides is 2. The lowest BCUT2D eigenvalue weighted by molar-refractivity contribution is -0.131. The van der Waals surface area contributed by atoms with Gasteiger partial charge in [-0.05, 0) is 35.9 Å². The van der Waals surface area contributed by atoms with Crippen LogP contribution >= 0.6 is 0 Å². The molecule has 2 saturated heterocycles. The summed E-state index contributed by atoms with van der Waals surface area (Å²) in [7, 11) is 2.89. The van der Waals surface area contributed by atoms with Gasteiger partial charge < -0.3 is 29.2 Å². The van der Waals surface area contributed by atoms with Gasteiger partial charge in [0.2, 0.25) is 11.8 Å². The molecular weight excluding hydrogens is 440 g/mol. The number of benzene rings is 2. The molecule has 2 aliphatic rings. The molecule has 0 aliphatic carbocycles. The van der Waals surface area contributed by atoms with Crippen LogP contribution in [-0.2, 0) is 19.1 Å². The second kappa shape index (κ2) is 10.6. The Kier molecular flexibility index (Phi) is 7.32. The standard InChI is InChI=1S/C25H28N2O7/c1-31-21-7-6-16(11-22(21)34-20-8-9-33-15-20)18-12-24(29)27(13-18)14-23(28)26-19-5-3-4-17(10-19)25(30)32-2/h3-7,10-11,18,20H,8-9,12-15H2,1-2H3,(H,26,28)/t18-,20-/m1/s1. The second-order valence-electron chi connectivity index (χ2n) is 8.31. The molecule has 4 rings (SSSR count). The van der Waals surface area contributed by atoms with Gasteiger partial charge in [-0.25, -0.2) is 4.79 Å². The monoisotopic (exact) mass is 468 g/mol. The van der Waals surface area contributed by atoms with Crippen molar-refractivity contribution >= 4 is 23.5 Å². The van der Waals surface area contributed by atoms with E-state index < -0.39 is 5.97 Å². The van der Waals surface area contributed by atoms with Crippen molar-refractivity contribution in [1.29, 1.82) is 0 Å². The van der Waals surface area contributed by atoms with Crippen molar-refractivity contribution in [3.8, 4) is 11.5 Å². The van der Waals surface area contributed by atoms with Crippen LogP contribution in [0.2, 0.25) is 0 Å². The van der Waals surface area contributed by atoms with Crippen LogP contribution in [0.25, 0.3) is 0 Å². The number of nitrogens with one attached hydrogen (secondary N) is 1. The minimum absolute atomic E-state index is 0.0211. The number of likely N-dealkylation sites (tertiary alicyclic amines) is 1. The Morgan fingerprint density at radius 2 is 2.00 bits per heavy atom. The highest BCUT2D eigenvalue weighted by Crippen LogP contribution is 2.36. The summed E-state index contributed by atoms with van der Waals surface area (Å²) in [5.41, 5.74) is 1.75. The highest BCUT2D eigenvalue weighted by atomic mass is 16.6. The predicted octanol–water partition coefficient (Wildman–Crippen LogP) is 2.60. The summed E-state index contributed by atoms with van der Waals surface area (Å²) in [5.74, 6) is 0.282. The molecule has 0 radical (unpaired) electrons. The summed E-state index contributed by atoms with van der Waals surface area (Å²) in [6.45, 7) is 1.57. The second-order valence-corrected chi connectivity index (χ2v) is 8.31. The number of hydrogen-bond acceptors (Lipinski definition) is 7. The fourth-order valence-electron chi connectivity index (χ4n) is 4.19. The van der Waals surface area contributed by atoms with Gasteiger partial charge in [-0.3, -0.25) is 9.59 Å². The zero-order valence-corrected chi connectivity index (χ0v) is 19.2. The van der Waals surface area contributed by atoms with Gasteiger partial charge in [-0.2, -0.15) is 0 Å². The molecule has 0 saturated carbocycles. The molecular formula is C25H28N2O7. The van der Waals surface area contributed by atoms with E-state index in [0.29, 0.717) is 48.9 Å². The molecule has 2 aliphatic heterocycles. The third-order valence-electron chi connectivity index (χ3n) is 5.96. The zero-order valence-electron chi connectivity index (χ0n) is 19.2. The first kappa shape index (κ1) is 23.6. The van der Waals surface area contributed by atoms with E-state index in [1.807, 2.05) is 18.2 Å². The normalized spacial score (nSPS) is 19.7. The van der Waals surface area contributed by atoms with Crippen LogP contribution in [0.5, 0.6) is 11.5 Å². The molecule has 2 amide bonds. The third kappa shape index (κ3) is 5.48. The number of rotatable bonds is 8. The molecule has 0 unspecified atom stereocenters. The minimum Gasteiger partial charge on any atom is -0.493 e. The Bertz CT molecular complexity index is 1060. The molecule has 0 spiro atoms. The van der Waals surface area contributed by atoms with Gasteiger partial charge in [-0.15, -0.1) is 0 Å². The Labute approximate surface area is 197 Å². The van der Waals surface area contributed by atoms with Crippen molar-refractivity contribution < 1.29 is 33.3 Å². The maximum absolute atomic E-state index is 12.6. The molecule has 2 aromatic rings. The largest absolute Gasteiger partial charge is 0.493 e. The number of methoxy groups -OCH3 is 2. The van der Waals surface area contributed by atoms with Crippen molar-refractivity contribution in [2.24, 2.45) is 0 Å². The molecule has 9 heteroatoms. The van der Waals surface area contributed by atoms with Gasteiger partial charge in [-0.1, -0.05) is 12.1 Å². The van der Waals surface area contributed by atoms with Gasteiger partial charge in [0.05, 0.1) is 39.5 Å². The van der Waals surface area contributed by atoms with Crippen LogP contribution in [0.15, 0.2) is 42.5 Å². The van der Waals surface area contributed by atoms with E-state index >= 15 is 0 Å². The minimum atomic E-state index is -0.489. The average molecular weight is 469 g/mol. The molecule has 2 heterocycles. The van der Waals surface area contributed by atoms with Gasteiger partial charge in [0.1, 0.15) is 6.10 Å². The molecule has 9 nitrogen and oxygen atoms in total. The molecule has 2 aromatic carbocycles. The first-order valence-electron chi connectivity index (χ1n) is 11.1.